The van der Waals surface area contributed by atoms with Crippen LogP contribution in [0.3, 0.4) is 0 Å². The zero-order valence-corrected chi connectivity index (χ0v) is 23.7. The van der Waals surface area contributed by atoms with Crippen LogP contribution in [0.4, 0.5) is 16.0 Å². The predicted octanol–water partition coefficient (Wildman–Crippen LogP) is 3.40. The summed E-state index contributed by atoms with van der Waals surface area (Å²) in [5.41, 5.74) is 13.2. The summed E-state index contributed by atoms with van der Waals surface area (Å²) < 4.78 is 14.9. The number of rotatable bonds is 7. The molecule has 0 radical (unpaired) electrons. The van der Waals surface area contributed by atoms with Crippen molar-refractivity contribution in [3.63, 3.8) is 0 Å². The van der Waals surface area contributed by atoms with E-state index in [1.807, 2.05) is 38.1 Å². The van der Waals surface area contributed by atoms with E-state index in [1.54, 1.807) is 6.08 Å². The average molecular weight is 552 g/mol. The summed E-state index contributed by atoms with van der Waals surface area (Å²) in [6, 6.07) is 9.56. The van der Waals surface area contributed by atoms with Crippen LogP contribution in [-0.2, 0) is 0 Å². The van der Waals surface area contributed by atoms with E-state index in [1.165, 1.54) is 30.7 Å². The number of anilines is 2. The van der Waals surface area contributed by atoms with Crippen molar-refractivity contribution in [2.24, 2.45) is 11.5 Å². The van der Waals surface area contributed by atoms with Crippen molar-refractivity contribution in [3.05, 3.63) is 53.7 Å². The fourth-order valence-corrected chi connectivity index (χ4v) is 6.10. The molecule has 208 valence electrons. The maximum atomic E-state index is 14.9. The van der Waals surface area contributed by atoms with Crippen molar-refractivity contribution in [2.75, 3.05) is 56.5 Å². The highest BCUT2D eigenvalue weighted by molar-refractivity contribution is 7.99. The number of aromatic nitrogens is 3. The molecule has 3 aromatic rings. The Kier molecular flexibility index (Phi) is 8.51. The molecule has 5 N–H and O–H groups in total. The highest BCUT2D eigenvalue weighted by Crippen LogP contribution is 2.32. The van der Waals surface area contributed by atoms with Crippen LogP contribution in [0.5, 0.6) is 0 Å². The van der Waals surface area contributed by atoms with Crippen LogP contribution < -0.4 is 21.7 Å². The van der Waals surface area contributed by atoms with Gasteiger partial charge in [-0.1, -0.05) is 6.07 Å². The van der Waals surface area contributed by atoms with Gasteiger partial charge >= 0.3 is 0 Å². The lowest BCUT2D eigenvalue weighted by Crippen LogP contribution is -2.53. The number of pyridine rings is 1. The summed E-state index contributed by atoms with van der Waals surface area (Å²) in [6.07, 6.45) is 4.19. The number of hydrogen-bond donors (Lipinski definition) is 3. The number of nitrogens with zero attached hydrogens (tertiary/aromatic N) is 6. The summed E-state index contributed by atoms with van der Waals surface area (Å²) in [5.74, 6) is 1.47. The number of benzene rings is 1. The summed E-state index contributed by atoms with van der Waals surface area (Å²) in [7, 11) is 2.20. The molecule has 11 heteroatoms. The van der Waals surface area contributed by atoms with Crippen LogP contribution in [0.25, 0.3) is 10.9 Å². The fourth-order valence-electron chi connectivity index (χ4n) is 5.26. The Morgan fingerprint density at radius 1 is 1.08 bits per heavy atom. The summed E-state index contributed by atoms with van der Waals surface area (Å²) in [6.45, 7) is 9.80. The zero-order chi connectivity index (χ0) is 27.5. The molecular weight excluding hydrogens is 513 g/mol. The lowest BCUT2D eigenvalue weighted by Gasteiger charge is -2.42. The fraction of sp³-hybridized carbons (Fsp3) is 0.464. The number of likely N-dealkylation sites (tertiary alicyclic amines) is 1. The first kappa shape index (κ1) is 27.6. The highest BCUT2D eigenvalue weighted by atomic mass is 32.2. The van der Waals surface area contributed by atoms with Gasteiger partial charge in [0.15, 0.2) is 11.0 Å². The number of nitrogens with one attached hydrogen (secondary N) is 1. The standard InChI is InChI=1S/C28H38FN9S/c1-18(30)14-24(31)33-25-17-26(38-12-10-37(11-13-38)21-6-8-36(3)9-7-21)35-28(34-25)39-22-15-20-5-4-19(2)32-27(20)23(29)16-22/h4-5,14-18,21H,6-13,30-31H2,1-3H3,(H,33,34,35)/b24-14+. The van der Waals surface area contributed by atoms with Gasteiger partial charge in [-0.05, 0) is 82.9 Å². The van der Waals surface area contributed by atoms with Gasteiger partial charge in [-0.2, -0.15) is 0 Å². The summed E-state index contributed by atoms with van der Waals surface area (Å²) in [4.78, 5) is 21.9. The monoisotopic (exact) mass is 551 g/mol. The number of fused-ring (bicyclic) bond motifs is 1. The minimum absolute atomic E-state index is 0.196. The van der Waals surface area contributed by atoms with Gasteiger partial charge in [-0.15, -0.1) is 0 Å². The molecule has 39 heavy (non-hydrogen) atoms. The Morgan fingerprint density at radius 3 is 2.54 bits per heavy atom. The minimum Gasteiger partial charge on any atom is -0.385 e. The van der Waals surface area contributed by atoms with E-state index in [-0.39, 0.29) is 11.9 Å². The Balaban J connectivity index is 1.38. The molecule has 4 heterocycles. The van der Waals surface area contributed by atoms with Crippen molar-refractivity contribution in [3.8, 4) is 0 Å². The van der Waals surface area contributed by atoms with E-state index in [0.717, 1.165) is 56.2 Å². The van der Waals surface area contributed by atoms with Crippen LogP contribution in [0.1, 0.15) is 25.5 Å². The first-order valence-corrected chi connectivity index (χ1v) is 14.4. The molecule has 2 saturated heterocycles. The number of aryl methyl sites for hydroxylation is 1. The van der Waals surface area contributed by atoms with E-state index in [4.69, 9.17) is 16.5 Å². The molecule has 0 saturated carbocycles. The van der Waals surface area contributed by atoms with E-state index >= 15 is 0 Å². The first-order valence-electron chi connectivity index (χ1n) is 13.5. The van der Waals surface area contributed by atoms with Crippen LogP contribution in [-0.4, -0.2) is 83.2 Å². The van der Waals surface area contributed by atoms with Crippen LogP contribution >= 0.6 is 11.8 Å². The lowest BCUT2D eigenvalue weighted by molar-refractivity contribution is 0.115. The van der Waals surface area contributed by atoms with Gasteiger partial charge in [-0.25, -0.2) is 14.4 Å². The number of piperazine rings is 1. The Labute approximate surface area is 233 Å². The Hall–Kier alpha value is -2.99. The predicted molar refractivity (Wildman–Crippen MR) is 156 cm³/mol. The largest absolute Gasteiger partial charge is 0.385 e. The zero-order valence-electron chi connectivity index (χ0n) is 22.9. The molecule has 5 rings (SSSR count). The number of halogens is 1. The molecule has 2 aromatic heterocycles. The van der Waals surface area contributed by atoms with E-state index in [2.05, 4.69) is 37.0 Å². The molecule has 2 aliphatic rings. The molecule has 0 bridgehead atoms. The van der Waals surface area contributed by atoms with Crippen LogP contribution in [0, 0.1) is 12.7 Å². The van der Waals surface area contributed by atoms with Crippen LogP contribution in [0.2, 0.25) is 0 Å². The second-order valence-electron chi connectivity index (χ2n) is 10.6. The van der Waals surface area contributed by atoms with E-state index in [9.17, 15) is 4.39 Å². The van der Waals surface area contributed by atoms with Crippen molar-refractivity contribution in [1.82, 2.24) is 24.8 Å². The van der Waals surface area contributed by atoms with Crippen molar-refractivity contribution >= 4 is 34.3 Å². The molecule has 9 nitrogen and oxygen atoms in total. The van der Waals surface area contributed by atoms with Gasteiger partial charge in [-0.3, -0.25) is 9.88 Å². The smallest absolute Gasteiger partial charge is 0.196 e. The molecule has 1 atom stereocenters. The molecule has 2 fully saturated rings. The lowest BCUT2D eigenvalue weighted by atomic mass is 10.0. The highest BCUT2D eigenvalue weighted by Gasteiger charge is 2.27. The maximum Gasteiger partial charge on any atom is 0.196 e. The second kappa shape index (κ2) is 12.0. The Morgan fingerprint density at radius 2 is 1.82 bits per heavy atom. The molecule has 2 aliphatic heterocycles. The molecule has 1 unspecified atom stereocenters. The van der Waals surface area contributed by atoms with Gasteiger partial charge < -0.3 is 26.6 Å². The summed E-state index contributed by atoms with van der Waals surface area (Å²) >= 11 is 1.32. The third-order valence-electron chi connectivity index (χ3n) is 7.32. The molecule has 0 spiro atoms. The normalized spacial score (nSPS) is 19.0. The first-order chi connectivity index (χ1) is 18.7. The number of piperidine rings is 1. The second-order valence-corrected chi connectivity index (χ2v) is 11.6. The minimum atomic E-state index is -0.359. The third-order valence-corrected chi connectivity index (χ3v) is 8.15. The van der Waals surface area contributed by atoms with Gasteiger partial charge in [0.25, 0.3) is 0 Å². The Bertz CT molecular complexity index is 1330. The van der Waals surface area contributed by atoms with E-state index < -0.39 is 0 Å². The van der Waals surface area contributed by atoms with E-state index in [0.29, 0.717) is 33.2 Å². The average Bonchev–Trinajstić information content (AvgIpc) is 2.89. The topological polar surface area (TPSA) is 112 Å². The third kappa shape index (κ3) is 6.96. The molecule has 0 aliphatic carbocycles. The number of hydrogen-bond acceptors (Lipinski definition) is 10. The van der Waals surface area contributed by atoms with Crippen molar-refractivity contribution in [1.29, 1.82) is 0 Å². The molecular formula is C28H38FN9S. The molecule has 1 aromatic carbocycles. The SMILES string of the molecule is Cc1ccc2cc(Sc3nc(N/C(N)=C/C(C)N)cc(N4CCN(C5CCN(C)CC5)CC4)n3)cc(F)c2n1. The summed E-state index contributed by atoms with van der Waals surface area (Å²) in [5, 5.41) is 4.42. The maximum absolute atomic E-state index is 14.9. The molecule has 0 amide bonds. The van der Waals surface area contributed by atoms with Gasteiger partial charge in [0, 0.05) is 60.3 Å². The van der Waals surface area contributed by atoms with Gasteiger partial charge in [0.1, 0.15) is 17.2 Å². The quantitative estimate of drug-likeness (QED) is 0.378. The van der Waals surface area contributed by atoms with Crippen molar-refractivity contribution in [2.45, 2.75) is 48.8 Å². The number of nitrogens with two attached hydrogens (primary N) is 2. The van der Waals surface area contributed by atoms with Crippen molar-refractivity contribution < 1.29 is 4.39 Å². The van der Waals surface area contributed by atoms with Gasteiger partial charge in [0.05, 0.1) is 5.82 Å². The van der Waals surface area contributed by atoms with Gasteiger partial charge in [0.2, 0.25) is 0 Å². The van der Waals surface area contributed by atoms with Crippen LogP contribution in [0.15, 0.2) is 52.3 Å².